The van der Waals surface area contributed by atoms with Gasteiger partial charge in [-0.1, -0.05) is 18.2 Å². The molecule has 34 heavy (non-hydrogen) atoms. The van der Waals surface area contributed by atoms with Crippen molar-refractivity contribution >= 4 is 32.6 Å². The van der Waals surface area contributed by atoms with Crippen LogP contribution in [0.4, 0.5) is 5.69 Å². The molecule has 3 rings (SSSR count). The molecule has 0 aliphatic heterocycles. The van der Waals surface area contributed by atoms with Gasteiger partial charge in [0.2, 0.25) is 0 Å². The van der Waals surface area contributed by atoms with Crippen LogP contribution in [0.5, 0.6) is 0 Å². The molecule has 0 aliphatic carbocycles. The van der Waals surface area contributed by atoms with E-state index in [1.165, 1.54) is 17.1 Å². The Morgan fingerprint density at radius 3 is 2.47 bits per heavy atom. The number of rotatable bonds is 11. The van der Waals surface area contributed by atoms with Crippen molar-refractivity contribution in [1.29, 1.82) is 5.26 Å². The first kappa shape index (κ1) is 25.5. The Hall–Kier alpha value is -3.12. The van der Waals surface area contributed by atoms with Crippen LogP contribution in [0, 0.1) is 11.3 Å². The fourth-order valence-corrected chi connectivity index (χ4v) is 4.82. The number of fused-ring (bicyclic) bond motifs is 1. The lowest BCUT2D eigenvalue weighted by Crippen LogP contribution is -2.28. The topological polar surface area (TPSA) is 87.4 Å². The lowest BCUT2D eigenvalue weighted by molar-refractivity contribution is 0.153. The van der Waals surface area contributed by atoms with Gasteiger partial charge in [-0.2, -0.15) is 5.26 Å². The van der Waals surface area contributed by atoms with Crippen molar-refractivity contribution in [3.63, 3.8) is 0 Å². The number of benzene rings is 2. The maximum atomic E-state index is 12.5. The summed E-state index contributed by atoms with van der Waals surface area (Å²) in [6, 6.07) is 18.3. The van der Waals surface area contributed by atoms with Crippen molar-refractivity contribution in [1.82, 2.24) is 9.29 Å². The molecule has 0 spiro atoms. The normalized spacial score (nSPS) is 12.1. The Kier molecular flexibility index (Phi) is 8.51. The molecule has 0 saturated carbocycles. The standard InChI is InChI=1S/C26H32N4O3S/c1-5-30(6-2)24-11-10-20-16-22(9-8-21(20)17-24)26-13-12-23(29(26)4)18-25(19-27)34(31,32)28-14-15-33-7-3/h8-13,16-18,28H,5-7,14-15H2,1-4H3/b25-18+. The van der Waals surface area contributed by atoms with Crippen LogP contribution in [0.3, 0.4) is 0 Å². The molecule has 0 fully saturated rings. The number of allylic oxidation sites excluding steroid dienone is 1. The summed E-state index contributed by atoms with van der Waals surface area (Å²) >= 11 is 0. The molecule has 7 nitrogen and oxygen atoms in total. The molecule has 8 heteroatoms. The molecular weight excluding hydrogens is 448 g/mol. The second-order valence-corrected chi connectivity index (χ2v) is 9.57. The highest BCUT2D eigenvalue weighted by Gasteiger charge is 2.18. The van der Waals surface area contributed by atoms with Crippen molar-refractivity contribution in [3.8, 4) is 17.3 Å². The molecule has 0 unspecified atom stereocenters. The highest BCUT2D eigenvalue weighted by molar-refractivity contribution is 7.93. The van der Waals surface area contributed by atoms with E-state index in [4.69, 9.17) is 4.74 Å². The van der Waals surface area contributed by atoms with Gasteiger partial charge >= 0.3 is 0 Å². The third-order valence-electron chi connectivity index (χ3n) is 5.83. The van der Waals surface area contributed by atoms with Gasteiger partial charge in [0.05, 0.1) is 6.61 Å². The number of nitrogens with one attached hydrogen (secondary N) is 1. The second-order valence-electron chi connectivity index (χ2n) is 7.84. The maximum Gasteiger partial charge on any atom is 0.250 e. The molecule has 0 radical (unpaired) electrons. The quantitative estimate of drug-likeness (QED) is 0.322. The molecule has 1 N–H and O–H groups in total. The average Bonchev–Trinajstić information content (AvgIpc) is 3.20. The van der Waals surface area contributed by atoms with Crippen LogP contribution in [0.25, 0.3) is 28.1 Å². The van der Waals surface area contributed by atoms with Crippen LogP contribution in [-0.2, 0) is 21.8 Å². The largest absolute Gasteiger partial charge is 0.380 e. The molecular formula is C26H32N4O3S. The number of anilines is 1. The molecule has 1 heterocycles. The smallest absolute Gasteiger partial charge is 0.250 e. The monoisotopic (exact) mass is 480 g/mol. The van der Waals surface area contributed by atoms with Crippen LogP contribution in [-0.4, -0.2) is 45.8 Å². The minimum Gasteiger partial charge on any atom is -0.380 e. The molecule has 0 atom stereocenters. The van der Waals surface area contributed by atoms with E-state index < -0.39 is 10.0 Å². The molecule has 0 aliphatic rings. The minimum atomic E-state index is -3.92. The lowest BCUT2D eigenvalue weighted by atomic mass is 10.0. The van der Waals surface area contributed by atoms with Crippen LogP contribution >= 0.6 is 0 Å². The van der Waals surface area contributed by atoms with Gasteiger partial charge in [-0.05, 0) is 73.5 Å². The van der Waals surface area contributed by atoms with E-state index >= 15 is 0 Å². The Morgan fingerprint density at radius 1 is 1.09 bits per heavy atom. The van der Waals surface area contributed by atoms with Gasteiger partial charge in [0.15, 0.2) is 4.91 Å². The Labute approximate surface area is 202 Å². The van der Waals surface area contributed by atoms with E-state index in [9.17, 15) is 13.7 Å². The van der Waals surface area contributed by atoms with Gasteiger partial charge in [0, 0.05) is 50.4 Å². The summed E-state index contributed by atoms with van der Waals surface area (Å²) in [4.78, 5) is 1.98. The summed E-state index contributed by atoms with van der Waals surface area (Å²) < 4.78 is 34.5. The van der Waals surface area contributed by atoms with E-state index in [1.807, 2.05) is 36.7 Å². The van der Waals surface area contributed by atoms with Crippen molar-refractivity contribution in [2.24, 2.45) is 7.05 Å². The minimum absolute atomic E-state index is 0.112. The third kappa shape index (κ3) is 5.68. The SMILES string of the molecule is CCOCCNS(=O)(=O)/C(C#N)=C/c1ccc(-c2ccc3cc(N(CC)CC)ccc3c2)n1C. The number of sulfonamides is 1. The number of nitriles is 1. The van der Waals surface area contributed by atoms with Gasteiger partial charge in [0.1, 0.15) is 6.07 Å². The number of nitrogens with zero attached hydrogens (tertiary/aromatic N) is 3. The van der Waals surface area contributed by atoms with Crippen molar-refractivity contribution in [3.05, 3.63) is 59.1 Å². The van der Waals surface area contributed by atoms with Crippen LogP contribution in [0.2, 0.25) is 0 Å². The lowest BCUT2D eigenvalue weighted by Gasteiger charge is -2.21. The summed E-state index contributed by atoms with van der Waals surface area (Å²) in [7, 11) is -2.05. The fourth-order valence-electron chi connectivity index (χ4n) is 3.91. The van der Waals surface area contributed by atoms with E-state index in [0.717, 1.165) is 29.7 Å². The molecule has 1 aromatic heterocycles. The molecule has 0 bridgehead atoms. The number of hydrogen-bond donors (Lipinski definition) is 1. The molecule has 3 aromatic rings. The van der Waals surface area contributed by atoms with Crippen LogP contribution < -0.4 is 9.62 Å². The van der Waals surface area contributed by atoms with Gasteiger partial charge in [-0.3, -0.25) is 0 Å². The summed E-state index contributed by atoms with van der Waals surface area (Å²) in [6.45, 7) is 8.92. The third-order valence-corrected chi connectivity index (χ3v) is 7.20. The summed E-state index contributed by atoms with van der Waals surface area (Å²) in [5, 5.41) is 11.8. The van der Waals surface area contributed by atoms with Gasteiger partial charge in [-0.25, -0.2) is 13.1 Å². The zero-order valence-corrected chi connectivity index (χ0v) is 21.0. The van der Waals surface area contributed by atoms with Gasteiger partial charge in [-0.15, -0.1) is 0 Å². The van der Waals surface area contributed by atoms with E-state index in [2.05, 4.69) is 59.9 Å². The molecule has 180 valence electrons. The predicted octanol–water partition coefficient (Wildman–Crippen LogP) is 4.51. The maximum absolute atomic E-state index is 12.5. The Bertz CT molecular complexity index is 1320. The van der Waals surface area contributed by atoms with E-state index in [1.54, 1.807) is 0 Å². The molecule has 0 saturated heterocycles. The Morgan fingerprint density at radius 2 is 1.79 bits per heavy atom. The summed E-state index contributed by atoms with van der Waals surface area (Å²) in [5.74, 6) is 0. The van der Waals surface area contributed by atoms with Crippen molar-refractivity contribution in [2.45, 2.75) is 20.8 Å². The Balaban J connectivity index is 1.89. The number of hydrogen-bond acceptors (Lipinski definition) is 5. The molecule has 2 aromatic carbocycles. The van der Waals surface area contributed by atoms with Crippen LogP contribution in [0.1, 0.15) is 26.5 Å². The molecule has 0 amide bonds. The zero-order chi connectivity index (χ0) is 24.7. The summed E-state index contributed by atoms with van der Waals surface area (Å²) in [6.07, 6.45) is 1.39. The zero-order valence-electron chi connectivity index (χ0n) is 20.2. The summed E-state index contributed by atoms with van der Waals surface area (Å²) in [5.41, 5.74) is 3.77. The van der Waals surface area contributed by atoms with Crippen molar-refractivity contribution in [2.75, 3.05) is 37.7 Å². The number of ether oxygens (including phenoxy) is 1. The van der Waals surface area contributed by atoms with Crippen LogP contribution in [0.15, 0.2) is 53.4 Å². The van der Waals surface area contributed by atoms with E-state index in [-0.39, 0.29) is 18.1 Å². The highest BCUT2D eigenvalue weighted by atomic mass is 32.2. The average molecular weight is 481 g/mol. The van der Waals surface area contributed by atoms with Gasteiger partial charge < -0.3 is 14.2 Å². The first-order chi connectivity index (χ1) is 16.3. The number of aromatic nitrogens is 1. The fraction of sp³-hybridized carbons (Fsp3) is 0.346. The van der Waals surface area contributed by atoms with Crippen molar-refractivity contribution < 1.29 is 13.2 Å². The first-order valence-electron chi connectivity index (χ1n) is 11.5. The second kappa shape index (κ2) is 11.3. The first-order valence-corrected chi connectivity index (χ1v) is 13.0. The predicted molar refractivity (Wildman–Crippen MR) is 139 cm³/mol. The van der Waals surface area contributed by atoms with Gasteiger partial charge in [0.25, 0.3) is 10.0 Å². The van der Waals surface area contributed by atoms with E-state index in [0.29, 0.717) is 12.3 Å². The highest BCUT2D eigenvalue weighted by Crippen LogP contribution is 2.29.